The number of amides is 1. The Balaban J connectivity index is 1.87. The van der Waals surface area contributed by atoms with Crippen molar-refractivity contribution >= 4 is 17.5 Å². The van der Waals surface area contributed by atoms with Gasteiger partial charge in [-0.3, -0.25) is 9.78 Å². The van der Waals surface area contributed by atoms with Crippen LogP contribution in [0.3, 0.4) is 0 Å². The Bertz CT molecular complexity index is 828. The van der Waals surface area contributed by atoms with E-state index in [2.05, 4.69) is 4.98 Å². The molecule has 3 rings (SSSR count). The Morgan fingerprint density at radius 3 is 2.36 bits per heavy atom. The zero-order chi connectivity index (χ0) is 20.5. The van der Waals surface area contributed by atoms with Crippen LogP contribution in [-0.2, 0) is 15.4 Å². The fraction of sp³-hybridized carbons (Fsp3) is 0.400. The lowest BCUT2D eigenvalue weighted by Crippen LogP contribution is -2.51. The monoisotopic (exact) mass is 412 g/mol. The fourth-order valence-electron chi connectivity index (χ4n) is 3.49. The van der Waals surface area contributed by atoms with Crippen molar-refractivity contribution in [2.75, 3.05) is 6.67 Å². The second-order valence-corrected chi connectivity index (χ2v) is 7.28. The van der Waals surface area contributed by atoms with Crippen molar-refractivity contribution in [2.24, 2.45) is 0 Å². The van der Waals surface area contributed by atoms with Gasteiger partial charge >= 0.3 is 6.43 Å². The molecule has 150 valence electrons. The number of ether oxygens (including phenoxy) is 1. The summed E-state index contributed by atoms with van der Waals surface area (Å²) in [4.78, 5) is 17.0. The Labute approximate surface area is 166 Å². The molecule has 1 aromatic carbocycles. The maximum atomic E-state index is 13.7. The summed E-state index contributed by atoms with van der Waals surface area (Å²) in [6.45, 7) is 1.97. The third-order valence-corrected chi connectivity index (χ3v) is 5.07. The molecule has 2 heterocycles. The molecule has 0 saturated carbocycles. The summed E-state index contributed by atoms with van der Waals surface area (Å²) in [5.41, 5.74) is 1.79. The van der Waals surface area contributed by atoms with Crippen molar-refractivity contribution < 1.29 is 22.7 Å². The van der Waals surface area contributed by atoms with Crippen LogP contribution >= 0.6 is 11.6 Å². The Kier molecular flexibility index (Phi) is 5.95. The quantitative estimate of drug-likeness (QED) is 0.667. The van der Waals surface area contributed by atoms with Gasteiger partial charge in [0, 0.05) is 11.8 Å². The molecular formula is C20H20ClF3N2O2. The number of hydrogen-bond acceptors (Lipinski definition) is 3. The molecule has 4 nitrogen and oxygen atoms in total. The van der Waals surface area contributed by atoms with E-state index in [0.717, 1.165) is 21.7 Å². The molecule has 28 heavy (non-hydrogen) atoms. The van der Waals surface area contributed by atoms with Crippen molar-refractivity contribution in [3.63, 3.8) is 0 Å². The number of carbonyl (C=O) groups is 1. The van der Waals surface area contributed by atoms with Crippen LogP contribution in [0.4, 0.5) is 13.2 Å². The molecule has 2 aromatic rings. The van der Waals surface area contributed by atoms with Crippen LogP contribution in [-0.4, -0.2) is 40.7 Å². The van der Waals surface area contributed by atoms with Crippen LogP contribution in [0.15, 0.2) is 42.6 Å². The number of nitrogens with zero attached hydrogens (tertiary/aromatic N) is 2. The summed E-state index contributed by atoms with van der Waals surface area (Å²) in [5, 5.41) is 0. The molecule has 1 aromatic heterocycles. The van der Waals surface area contributed by atoms with Crippen LogP contribution in [0.25, 0.3) is 11.1 Å². The van der Waals surface area contributed by atoms with Gasteiger partial charge in [0.1, 0.15) is 18.5 Å². The summed E-state index contributed by atoms with van der Waals surface area (Å²) in [6, 6.07) is 9.71. The highest BCUT2D eigenvalue weighted by Gasteiger charge is 2.52. The van der Waals surface area contributed by atoms with Gasteiger partial charge < -0.3 is 9.64 Å². The van der Waals surface area contributed by atoms with E-state index >= 15 is 0 Å². The first kappa shape index (κ1) is 20.6. The van der Waals surface area contributed by atoms with Gasteiger partial charge in [0.2, 0.25) is 0 Å². The first-order valence-electron chi connectivity index (χ1n) is 8.75. The number of rotatable bonds is 5. The minimum atomic E-state index is -3.22. The van der Waals surface area contributed by atoms with Crippen LogP contribution in [0.1, 0.15) is 31.2 Å². The third kappa shape index (κ3) is 3.86. The average Bonchev–Trinajstić information content (AvgIpc) is 2.97. The van der Waals surface area contributed by atoms with Gasteiger partial charge in [0.25, 0.3) is 5.91 Å². The Morgan fingerprint density at radius 1 is 1.21 bits per heavy atom. The second-order valence-electron chi connectivity index (χ2n) is 7.01. The first-order chi connectivity index (χ1) is 13.3. The van der Waals surface area contributed by atoms with Gasteiger partial charge in [0.15, 0.2) is 0 Å². The standard InChI is InChI=1S/C20H20ClF3N2O2/c1-20(2)26(19(27)18(23)24)16(10-22)17(28-20)13-5-3-12(4-6-13)14-7-8-15(9-21)25-11-14/h3-8,11,16-18H,9-10H2,1-2H3/t16-,17-/m1/s1. The molecule has 0 unspecified atom stereocenters. The second kappa shape index (κ2) is 8.09. The van der Waals surface area contributed by atoms with E-state index < -0.39 is 36.9 Å². The van der Waals surface area contributed by atoms with Crippen LogP contribution in [0, 0.1) is 0 Å². The number of hydrogen-bond donors (Lipinski definition) is 0. The van der Waals surface area contributed by atoms with Gasteiger partial charge in [-0.15, -0.1) is 11.6 Å². The molecule has 0 spiro atoms. The van der Waals surface area contributed by atoms with E-state index in [1.807, 2.05) is 24.3 Å². The lowest BCUT2D eigenvalue weighted by molar-refractivity contribution is -0.159. The number of benzene rings is 1. The summed E-state index contributed by atoms with van der Waals surface area (Å²) in [5.74, 6) is -1.11. The molecule has 1 aliphatic heterocycles. The molecule has 0 N–H and O–H groups in total. The summed E-state index contributed by atoms with van der Waals surface area (Å²) in [6.07, 6.45) is -2.36. The van der Waals surface area contributed by atoms with Crippen molar-refractivity contribution in [3.8, 4) is 11.1 Å². The summed E-state index contributed by atoms with van der Waals surface area (Å²) in [7, 11) is 0. The fourth-order valence-corrected chi connectivity index (χ4v) is 3.65. The maximum absolute atomic E-state index is 13.7. The van der Waals surface area contributed by atoms with E-state index in [1.54, 1.807) is 18.3 Å². The Morgan fingerprint density at radius 2 is 1.86 bits per heavy atom. The van der Waals surface area contributed by atoms with Crippen molar-refractivity contribution in [2.45, 2.75) is 44.0 Å². The van der Waals surface area contributed by atoms with E-state index in [1.165, 1.54) is 13.8 Å². The zero-order valence-electron chi connectivity index (χ0n) is 15.4. The molecule has 1 saturated heterocycles. The number of aromatic nitrogens is 1. The Hall–Kier alpha value is -2.12. The van der Waals surface area contributed by atoms with Crippen molar-refractivity contribution in [1.29, 1.82) is 0 Å². The normalized spacial score (nSPS) is 21.3. The molecule has 0 aliphatic carbocycles. The minimum absolute atomic E-state index is 0.326. The van der Waals surface area contributed by atoms with Crippen molar-refractivity contribution in [1.82, 2.24) is 9.88 Å². The molecule has 1 fully saturated rings. The highest BCUT2D eigenvalue weighted by Crippen LogP contribution is 2.42. The number of alkyl halides is 4. The number of carbonyl (C=O) groups excluding carboxylic acids is 1. The van der Waals surface area contributed by atoms with E-state index in [4.69, 9.17) is 16.3 Å². The van der Waals surface area contributed by atoms with Crippen LogP contribution in [0.5, 0.6) is 0 Å². The van der Waals surface area contributed by atoms with E-state index in [0.29, 0.717) is 11.4 Å². The predicted octanol–water partition coefficient (Wildman–Crippen LogP) is 4.73. The topological polar surface area (TPSA) is 42.4 Å². The van der Waals surface area contributed by atoms with Crippen LogP contribution in [0.2, 0.25) is 0 Å². The van der Waals surface area contributed by atoms with E-state index in [-0.39, 0.29) is 0 Å². The summed E-state index contributed by atoms with van der Waals surface area (Å²) >= 11 is 5.74. The lowest BCUT2D eigenvalue weighted by Gasteiger charge is -2.32. The van der Waals surface area contributed by atoms with Gasteiger partial charge in [-0.25, -0.2) is 4.39 Å². The SMILES string of the molecule is CC1(C)O[C@H](c2ccc(-c3ccc(CCl)nc3)cc2)[C@@H](CF)N1C(=O)C(F)F. The molecule has 0 radical (unpaired) electrons. The molecule has 8 heteroatoms. The number of halogens is 4. The molecule has 0 bridgehead atoms. The molecule has 1 amide bonds. The average molecular weight is 413 g/mol. The van der Waals surface area contributed by atoms with Crippen molar-refractivity contribution in [3.05, 3.63) is 53.9 Å². The summed E-state index contributed by atoms with van der Waals surface area (Å²) < 4.78 is 45.5. The van der Waals surface area contributed by atoms with Gasteiger partial charge in [0.05, 0.1) is 17.6 Å². The van der Waals surface area contributed by atoms with E-state index in [9.17, 15) is 18.0 Å². The zero-order valence-corrected chi connectivity index (χ0v) is 16.2. The largest absolute Gasteiger partial charge is 0.346 e. The highest BCUT2D eigenvalue weighted by atomic mass is 35.5. The maximum Gasteiger partial charge on any atom is 0.315 e. The van der Waals surface area contributed by atoms with Gasteiger partial charge in [-0.05, 0) is 31.0 Å². The molecule has 1 aliphatic rings. The number of pyridine rings is 1. The van der Waals surface area contributed by atoms with Crippen LogP contribution < -0.4 is 0 Å². The van der Waals surface area contributed by atoms with Gasteiger partial charge in [-0.2, -0.15) is 8.78 Å². The van der Waals surface area contributed by atoms with Gasteiger partial charge in [-0.1, -0.05) is 30.3 Å². The smallest absolute Gasteiger partial charge is 0.315 e. The predicted molar refractivity (Wildman–Crippen MR) is 99.7 cm³/mol. The third-order valence-electron chi connectivity index (χ3n) is 4.79. The molecular weight excluding hydrogens is 393 g/mol. The highest BCUT2D eigenvalue weighted by molar-refractivity contribution is 6.16. The minimum Gasteiger partial charge on any atom is -0.346 e. The lowest BCUT2D eigenvalue weighted by atomic mass is 9.99. The molecule has 2 atom stereocenters. The first-order valence-corrected chi connectivity index (χ1v) is 9.28.